The van der Waals surface area contributed by atoms with E-state index in [0.717, 1.165) is 11.3 Å². The van der Waals surface area contributed by atoms with E-state index >= 15 is 0 Å². The van der Waals surface area contributed by atoms with Crippen molar-refractivity contribution in [3.63, 3.8) is 0 Å². The van der Waals surface area contributed by atoms with Crippen LogP contribution in [0.3, 0.4) is 0 Å². The van der Waals surface area contributed by atoms with Gasteiger partial charge in [0.1, 0.15) is 12.4 Å². The number of ether oxygens (including phenoxy) is 1. The molecule has 9 heteroatoms. The maximum absolute atomic E-state index is 12.8. The molecule has 2 aromatic carbocycles. The third-order valence-corrected chi connectivity index (χ3v) is 7.81. The smallest absolute Gasteiger partial charge is 0.223 e. The number of halogens is 2. The number of nitrogens with zero attached hydrogens (tertiary/aromatic N) is 1. The van der Waals surface area contributed by atoms with Crippen LogP contribution in [0.1, 0.15) is 24.0 Å². The van der Waals surface area contributed by atoms with Gasteiger partial charge in [-0.05, 0) is 44.0 Å². The van der Waals surface area contributed by atoms with E-state index in [9.17, 15) is 13.2 Å². The summed E-state index contributed by atoms with van der Waals surface area (Å²) in [6.07, 6.45) is 0.945. The molecular formula is C22H26Cl2N2O4S. The van der Waals surface area contributed by atoms with Crippen molar-refractivity contribution in [2.45, 2.75) is 25.5 Å². The van der Waals surface area contributed by atoms with Gasteiger partial charge in [-0.1, -0.05) is 47.0 Å². The molecule has 31 heavy (non-hydrogen) atoms. The lowest BCUT2D eigenvalue weighted by atomic mass is 9.97. The molecule has 1 heterocycles. The van der Waals surface area contributed by atoms with Crippen LogP contribution in [0.5, 0.6) is 5.75 Å². The molecule has 0 bridgehead atoms. The van der Waals surface area contributed by atoms with Crippen LogP contribution >= 0.6 is 23.2 Å². The highest BCUT2D eigenvalue weighted by Gasteiger charge is 2.31. The summed E-state index contributed by atoms with van der Waals surface area (Å²) in [5.74, 6) is 0.226. The Balaban J connectivity index is 1.44. The van der Waals surface area contributed by atoms with E-state index in [4.69, 9.17) is 27.9 Å². The van der Waals surface area contributed by atoms with E-state index in [-0.39, 0.29) is 17.6 Å². The van der Waals surface area contributed by atoms with Gasteiger partial charge in [0.2, 0.25) is 15.9 Å². The Morgan fingerprint density at radius 3 is 2.32 bits per heavy atom. The number of carbonyl (C=O) groups excluding carboxylic acids is 1. The maximum atomic E-state index is 12.8. The molecule has 1 aliphatic heterocycles. The van der Waals surface area contributed by atoms with Gasteiger partial charge in [0.15, 0.2) is 0 Å². The summed E-state index contributed by atoms with van der Waals surface area (Å²) in [6, 6.07) is 12.6. The highest BCUT2D eigenvalue weighted by atomic mass is 35.5. The van der Waals surface area contributed by atoms with E-state index in [1.54, 1.807) is 18.2 Å². The Morgan fingerprint density at radius 1 is 1.10 bits per heavy atom. The number of nitrogens with one attached hydrogen (secondary N) is 1. The zero-order valence-corrected chi connectivity index (χ0v) is 19.6. The molecule has 0 aromatic heterocycles. The van der Waals surface area contributed by atoms with Crippen LogP contribution in [0.25, 0.3) is 0 Å². The average Bonchev–Trinajstić information content (AvgIpc) is 2.75. The molecule has 168 valence electrons. The van der Waals surface area contributed by atoms with E-state index in [1.165, 1.54) is 4.31 Å². The molecule has 1 saturated heterocycles. The predicted octanol–water partition coefficient (Wildman–Crippen LogP) is 4.04. The van der Waals surface area contributed by atoms with Crippen molar-refractivity contribution in [3.8, 4) is 5.75 Å². The summed E-state index contributed by atoms with van der Waals surface area (Å²) < 4.78 is 32.6. The summed E-state index contributed by atoms with van der Waals surface area (Å²) in [5.41, 5.74) is 1.56. The maximum Gasteiger partial charge on any atom is 0.223 e. The molecule has 0 radical (unpaired) electrons. The van der Waals surface area contributed by atoms with Crippen LogP contribution in [0, 0.1) is 12.8 Å². The highest BCUT2D eigenvalue weighted by Crippen LogP contribution is 2.29. The fraction of sp³-hybridized carbons (Fsp3) is 0.409. The lowest BCUT2D eigenvalue weighted by molar-refractivity contribution is -0.126. The van der Waals surface area contributed by atoms with Gasteiger partial charge in [0, 0.05) is 34.6 Å². The van der Waals surface area contributed by atoms with Crippen LogP contribution in [-0.2, 0) is 20.6 Å². The molecule has 1 N–H and O–H groups in total. The molecule has 1 fully saturated rings. The molecule has 0 atom stereocenters. The number of sulfonamides is 1. The monoisotopic (exact) mass is 484 g/mol. The Hall–Kier alpha value is -1.80. The number of aryl methyl sites for hydroxylation is 1. The van der Waals surface area contributed by atoms with Crippen LogP contribution in [0.15, 0.2) is 42.5 Å². The largest absolute Gasteiger partial charge is 0.492 e. The minimum absolute atomic E-state index is 0.0706. The van der Waals surface area contributed by atoms with E-state index in [2.05, 4.69) is 5.32 Å². The standard InChI is InChI=1S/C22H26Cl2N2O4S/c1-16-5-7-18(8-6-16)30-14-11-25-22(27)17-9-12-26(13-10-17)31(28,29)15-19-20(23)3-2-4-21(19)24/h2-8,17H,9-15H2,1H3,(H,25,27). The van der Waals surface area contributed by atoms with Crippen LogP contribution in [0.4, 0.5) is 0 Å². The zero-order chi connectivity index (χ0) is 22.4. The van der Waals surface area contributed by atoms with Gasteiger partial charge < -0.3 is 10.1 Å². The fourth-order valence-electron chi connectivity index (χ4n) is 3.46. The van der Waals surface area contributed by atoms with Crippen molar-refractivity contribution in [1.82, 2.24) is 9.62 Å². The first-order valence-corrected chi connectivity index (χ1v) is 12.5. The Kier molecular flexibility index (Phi) is 8.22. The third kappa shape index (κ3) is 6.59. The molecule has 3 rings (SSSR count). The van der Waals surface area contributed by atoms with Crippen LogP contribution in [0.2, 0.25) is 10.0 Å². The van der Waals surface area contributed by atoms with Gasteiger partial charge >= 0.3 is 0 Å². The Bertz CT molecular complexity index is 984. The summed E-state index contributed by atoms with van der Waals surface area (Å²) >= 11 is 12.2. The number of amides is 1. The predicted molar refractivity (Wildman–Crippen MR) is 123 cm³/mol. The number of hydrogen-bond acceptors (Lipinski definition) is 4. The fourth-order valence-corrected chi connectivity index (χ4v) is 5.78. The molecule has 0 spiro atoms. The minimum atomic E-state index is -3.57. The Morgan fingerprint density at radius 2 is 1.71 bits per heavy atom. The number of benzene rings is 2. The first kappa shape index (κ1) is 23.9. The van der Waals surface area contributed by atoms with E-state index < -0.39 is 10.0 Å². The quantitative estimate of drug-likeness (QED) is 0.573. The number of hydrogen-bond donors (Lipinski definition) is 1. The van der Waals surface area contributed by atoms with Crippen molar-refractivity contribution in [3.05, 3.63) is 63.6 Å². The van der Waals surface area contributed by atoms with Gasteiger partial charge in [0.05, 0.1) is 12.3 Å². The Labute approximate surface area is 193 Å². The van der Waals surface area contributed by atoms with Gasteiger partial charge in [-0.25, -0.2) is 12.7 Å². The second-order valence-electron chi connectivity index (χ2n) is 7.58. The topological polar surface area (TPSA) is 75.7 Å². The molecule has 1 amide bonds. The van der Waals surface area contributed by atoms with Gasteiger partial charge in [0.25, 0.3) is 0 Å². The molecule has 0 saturated carbocycles. The summed E-state index contributed by atoms with van der Waals surface area (Å²) in [4.78, 5) is 12.4. The molecular weight excluding hydrogens is 459 g/mol. The lowest BCUT2D eigenvalue weighted by Crippen LogP contribution is -2.44. The molecule has 0 aliphatic carbocycles. The minimum Gasteiger partial charge on any atom is -0.492 e. The van der Waals surface area contributed by atoms with Crippen LogP contribution < -0.4 is 10.1 Å². The van der Waals surface area contributed by atoms with Crippen molar-refractivity contribution < 1.29 is 17.9 Å². The first-order chi connectivity index (χ1) is 14.8. The third-order valence-electron chi connectivity index (χ3n) is 5.30. The van der Waals surface area contributed by atoms with E-state index in [1.807, 2.05) is 31.2 Å². The average molecular weight is 485 g/mol. The second kappa shape index (κ2) is 10.7. The number of piperidine rings is 1. The normalized spacial score (nSPS) is 15.6. The number of rotatable bonds is 8. The zero-order valence-electron chi connectivity index (χ0n) is 17.3. The lowest BCUT2D eigenvalue weighted by Gasteiger charge is -2.30. The number of carbonyl (C=O) groups is 1. The first-order valence-electron chi connectivity index (χ1n) is 10.1. The molecule has 2 aromatic rings. The van der Waals surface area contributed by atoms with Crippen LogP contribution in [-0.4, -0.2) is 44.9 Å². The van der Waals surface area contributed by atoms with Crippen molar-refractivity contribution >= 4 is 39.1 Å². The van der Waals surface area contributed by atoms with Crippen molar-refractivity contribution in [2.24, 2.45) is 5.92 Å². The summed E-state index contributed by atoms with van der Waals surface area (Å²) in [5, 5.41) is 3.54. The SMILES string of the molecule is Cc1ccc(OCCNC(=O)C2CCN(S(=O)(=O)Cc3c(Cl)cccc3Cl)CC2)cc1. The highest BCUT2D eigenvalue weighted by molar-refractivity contribution is 7.88. The summed E-state index contributed by atoms with van der Waals surface area (Å²) in [7, 11) is -3.57. The van der Waals surface area contributed by atoms with Gasteiger partial charge in [-0.2, -0.15) is 0 Å². The molecule has 6 nitrogen and oxygen atoms in total. The summed E-state index contributed by atoms with van der Waals surface area (Å²) in [6.45, 7) is 3.37. The van der Waals surface area contributed by atoms with Crippen molar-refractivity contribution in [1.29, 1.82) is 0 Å². The van der Waals surface area contributed by atoms with Gasteiger partial charge in [-0.15, -0.1) is 0 Å². The molecule has 1 aliphatic rings. The van der Waals surface area contributed by atoms with Gasteiger partial charge in [-0.3, -0.25) is 4.79 Å². The van der Waals surface area contributed by atoms with E-state index in [0.29, 0.717) is 54.7 Å². The van der Waals surface area contributed by atoms with Crippen molar-refractivity contribution in [2.75, 3.05) is 26.2 Å². The second-order valence-corrected chi connectivity index (χ2v) is 10.4. The molecule has 0 unspecified atom stereocenters.